The number of piperidine rings is 1. The molecule has 4 heterocycles. The van der Waals surface area contributed by atoms with E-state index in [0.29, 0.717) is 31.1 Å². The van der Waals surface area contributed by atoms with E-state index in [4.69, 9.17) is 0 Å². The summed E-state index contributed by atoms with van der Waals surface area (Å²) in [5, 5.41) is 7.26. The van der Waals surface area contributed by atoms with Gasteiger partial charge >= 0.3 is 0 Å². The number of hydrogen-bond donors (Lipinski definition) is 1. The zero-order valence-electron chi connectivity index (χ0n) is 15.4. The van der Waals surface area contributed by atoms with Crippen LogP contribution in [0.1, 0.15) is 66.9 Å². The molecule has 144 valence electrons. The topological polar surface area (TPSA) is 86.4 Å². The van der Waals surface area contributed by atoms with E-state index in [-0.39, 0.29) is 17.9 Å². The van der Waals surface area contributed by atoms with Crippen LogP contribution in [0.4, 0.5) is 0 Å². The maximum atomic E-state index is 13.3. The van der Waals surface area contributed by atoms with Crippen LogP contribution in [0.5, 0.6) is 0 Å². The van der Waals surface area contributed by atoms with Gasteiger partial charge < -0.3 is 4.90 Å². The summed E-state index contributed by atoms with van der Waals surface area (Å²) in [6.45, 7) is 1.59. The Hall–Kier alpha value is -1.41. The number of aromatic nitrogens is 2. The van der Waals surface area contributed by atoms with Crippen molar-refractivity contribution in [1.82, 2.24) is 19.4 Å². The summed E-state index contributed by atoms with van der Waals surface area (Å²) in [4.78, 5) is 15.2. The molecule has 5 rings (SSSR count). The second-order valence-electron chi connectivity index (χ2n) is 8.17. The first-order chi connectivity index (χ1) is 12.4. The Bertz CT molecular complexity index is 769. The van der Waals surface area contributed by atoms with Crippen molar-refractivity contribution in [2.24, 2.45) is 5.92 Å². The van der Waals surface area contributed by atoms with E-state index in [1.807, 2.05) is 4.90 Å². The van der Waals surface area contributed by atoms with Crippen LogP contribution in [0, 0.1) is 5.92 Å². The average Bonchev–Trinajstić information content (AvgIpc) is 2.92. The summed E-state index contributed by atoms with van der Waals surface area (Å²) in [6, 6.07) is -0.0370. The minimum atomic E-state index is -3.23. The van der Waals surface area contributed by atoms with E-state index in [0.717, 1.165) is 31.4 Å². The summed E-state index contributed by atoms with van der Waals surface area (Å²) in [5.74, 6) is 0.628. The fourth-order valence-electron chi connectivity index (χ4n) is 4.88. The zero-order chi connectivity index (χ0) is 18.3. The molecule has 0 unspecified atom stereocenters. The summed E-state index contributed by atoms with van der Waals surface area (Å²) >= 11 is 0. The van der Waals surface area contributed by atoms with Crippen molar-refractivity contribution in [1.29, 1.82) is 0 Å². The second kappa shape index (κ2) is 6.96. The first-order valence-electron chi connectivity index (χ1n) is 9.73. The second-order valence-corrected chi connectivity index (χ2v) is 10.1. The molecule has 1 amide bonds. The predicted molar refractivity (Wildman–Crippen MR) is 98.4 cm³/mol. The number of H-pyrrole nitrogens is 1. The SMILES string of the molecule is CS(=O)(=O)N1C[C@H]2CC[C@@H](C1)N(C(=O)c1cn[nH]c1C1CCCCC1)C2. The molecule has 4 aliphatic rings. The minimum Gasteiger partial charge on any atom is -0.334 e. The molecule has 26 heavy (non-hydrogen) atoms. The minimum absolute atomic E-state index is 0.0179. The predicted octanol–water partition coefficient (Wildman–Crippen LogP) is 1.95. The number of fused-ring (bicyclic) bond motifs is 4. The van der Waals surface area contributed by atoms with Crippen LogP contribution in [-0.2, 0) is 10.0 Å². The van der Waals surface area contributed by atoms with Gasteiger partial charge in [-0.2, -0.15) is 9.40 Å². The van der Waals surface area contributed by atoms with Crippen LogP contribution in [0.25, 0.3) is 0 Å². The zero-order valence-corrected chi connectivity index (χ0v) is 16.2. The molecule has 1 aromatic heterocycles. The smallest absolute Gasteiger partial charge is 0.257 e. The van der Waals surface area contributed by atoms with Crippen molar-refractivity contribution in [3.63, 3.8) is 0 Å². The highest BCUT2D eigenvalue weighted by Crippen LogP contribution is 2.35. The molecule has 0 spiro atoms. The lowest BCUT2D eigenvalue weighted by molar-refractivity contribution is 0.0587. The van der Waals surface area contributed by atoms with Crippen molar-refractivity contribution < 1.29 is 13.2 Å². The molecule has 2 atom stereocenters. The quantitative estimate of drug-likeness (QED) is 0.868. The van der Waals surface area contributed by atoms with Crippen molar-refractivity contribution in [2.45, 2.75) is 56.9 Å². The van der Waals surface area contributed by atoms with Crippen molar-refractivity contribution in [3.05, 3.63) is 17.5 Å². The molecule has 8 heteroatoms. The molecule has 0 aromatic carbocycles. The molecule has 2 bridgehead atoms. The van der Waals surface area contributed by atoms with Gasteiger partial charge in [-0.3, -0.25) is 9.89 Å². The molecular weight excluding hydrogens is 352 g/mol. The van der Waals surface area contributed by atoms with Gasteiger partial charge in [-0.1, -0.05) is 19.3 Å². The first-order valence-corrected chi connectivity index (χ1v) is 11.6. The third-order valence-electron chi connectivity index (χ3n) is 6.32. The Kier molecular flexibility index (Phi) is 4.81. The fourth-order valence-corrected chi connectivity index (χ4v) is 5.81. The van der Waals surface area contributed by atoms with Crippen LogP contribution < -0.4 is 0 Å². The molecule has 3 saturated heterocycles. The van der Waals surface area contributed by atoms with Crippen LogP contribution in [0.15, 0.2) is 6.20 Å². The third kappa shape index (κ3) is 3.41. The Balaban J connectivity index is 1.57. The standard InChI is InChI=1S/C18H28N4O3S/c1-26(24,25)21-10-13-7-8-15(12-21)22(11-13)18(23)16-9-19-20-17(16)14-5-3-2-4-6-14/h9,13-15H,2-8,10-12H2,1H3,(H,19,20)/t13-,15+/m1/s1. The van der Waals surface area contributed by atoms with Crippen LogP contribution in [-0.4, -0.2) is 65.7 Å². The average molecular weight is 381 g/mol. The number of carbonyl (C=O) groups excluding carboxylic acids is 1. The molecular formula is C18H28N4O3S. The van der Waals surface area contributed by atoms with E-state index >= 15 is 0 Å². The van der Waals surface area contributed by atoms with Crippen LogP contribution >= 0.6 is 0 Å². The first kappa shape index (κ1) is 18.0. The van der Waals surface area contributed by atoms with Crippen molar-refractivity contribution in [2.75, 3.05) is 25.9 Å². The van der Waals surface area contributed by atoms with E-state index < -0.39 is 10.0 Å². The lowest BCUT2D eigenvalue weighted by atomic mass is 9.85. The Morgan fingerprint density at radius 2 is 1.88 bits per heavy atom. The van der Waals surface area contributed by atoms with Gasteiger partial charge in [-0.25, -0.2) is 8.42 Å². The summed E-state index contributed by atoms with van der Waals surface area (Å²) in [7, 11) is -3.23. The highest BCUT2D eigenvalue weighted by molar-refractivity contribution is 7.88. The Labute approximate surface area is 155 Å². The maximum Gasteiger partial charge on any atom is 0.257 e. The molecule has 1 N–H and O–H groups in total. The fraction of sp³-hybridized carbons (Fsp3) is 0.778. The number of nitrogens with one attached hydrogen (secondary N) is 1. The molecule has 1 saturated carbocycles. The normalized spacial score (nSPS) is 28.3. The number of carbonyl (C=O) groups is 1. The van der Waals surface area contributed by atoms with Gasteiger partial charge in [-0.15, -0.1) is 0 Å². The van der Waals surface area contributed by atoms with E-state index in [2.05, 4.69) is 10.2 Å². The number of rotatable bonds is 3. The summed E-state index contributed by atoms with van der Waals surface area (Å²) in [6.07, 6.45) is 10.7. The number of nitrogens with zero attached hydrogens (tertiary/aromatic N) is 3. The monoisotopic (exact) mass is 380 g/mol. The number of amides is 1. The van der Waals surface area contributed by atoms with Gasteiger partial charge in [0.1, 0.15) is 0 Å². The van der Waals surface area contributed by atoms with Crippen molar-refractivity contribution in [3.8, 4) is 0 Å². The maximum absolute atomic E-state index is 13.3. The summed E-state index contributed by atoms with van der Waals surface area (Å²) in [5.41, 5.74) is 1.67. The molecule has 3 aliphatic heterocycles. The van der Waals surface area contributed by atoms with Crippen LogP contribution in [0.2, 0.25) is 0 Å². The lowest BCUT2D eigenvalue weighted by Gasteiger charge is -2.36. The lowest BCUT2D eigenvalue weighted by Crippen LogP contribution is -2.47. The molecule has 7 nitrogen and oxygen atoms in total. The largest absolute Gasteiger partial charge is 0.334 e. The van der Waals surface area contributed by atoms with Gasteiger partial charge in [0.05, 0.1) is 23.7 Å². The van der Waals surface area contributed by atoms with Gasteiger partial charge in [0.25, 0.3) is 5.91 Å². The van der Waals surface area contributed by atoms with Gasteiger partial charge in [0.2, 0.25) is 10.0 Å². The Morgan fingerprint density at radius 3 is 2.62 bits per heavy atom. The molecule has 1 aliphatic carbocycles. The van der Waals surface area contributed by atoms with Crippen LogP contribution in [0.3, 0.4) is 0 Å². The van der Waals surface area contributed by atoms with Crippen molar-refractivity contribution >= 4 is 15.9 Å². The van der Waals surface area contributed by atoms with Gasteiger partial charge in [0.15, 0.2) is 0 Å². The number of hydrogen-bond acceptors (Lipinski definition) is 4. The third-order valence-corrected chi connectivity index (χ3v) is 7.56. The summed E-state index contributed by atoms with van der Waals surface area (Å²) < 4.78 is 25.6. The Morgan fingerprint density at radius 1 is 1.12 bits per heavy atom. The van der Waals surface area contributed by atoms with Gasteiger partial charge in [0, 0.05) is 31.6 Å². The highest BCUT2D eigenvalue weighted by atomic mass is 32.2. The van der Waals surface area contributed by atoms with E-state index in [1.165, 1.54) is 25.5 Å². The van der Waals surface area contributed by atoms with E-state index in [1.54, 1.807) is 10.5 Å². The molecule has 1 aromatic rings. The van der Waals surface area contributed by atoms with E-state index in [9.17, 15) is 13.2 Å². The number of aromatic amines is 1. The highest BCUT2D eigenvalue weighted by Gasteiger charge is 2.40. The van der Waals surface area contributed by atoms with Gasteiger partial charge in [-0.05, 0) is 31.6 Å². The number of sulfonamides is 1. The molecule has 4 fully saturated rings. The molecule has 0 radical (unpaired) electrons.